The van der Waals surface area contributed by atoms with Crippen LogP contribution in [-0.4, -0.2) is 43.0 Å². The number of hydrogen-bond donors (Lipinski definition) is 2. The van der Waals surface area contributed by atoms with Gasteiger partial charge in [0.1, 0.15) is 12.4 Å². The highest BCUT2D eigenvalue weighted by atomic mass is 16.5. The van der Waals surface area contributed by atoms with E-state index >= 15 is 0 Å². The molecule has 2 N–H and O–H groups in total. The highest BCUT2D eigenvalue weighted by Gasteiger charge is 2.21. The summed E-state index contributed by atoms with van der Waals surface area (Å²) in [6, 6.07) is 14.5. The molecule has 0 saturated carbocycles. The fourth-order valence-corrected chi connectivity index (χ4v) is 3.36. The third-order valence-corrected chi connectivity index (χ3v) is 5.12. The highest BCUT2D eigenvalue weighted by molar-refractivity contribution is 5.98. The zero-order chi connectivity index (χ0) is 21.3. The minimum Gasteiger partial charge on any atom is -0.489 e. The van der Waals surface area contributed by atoms with Gasteiger partial charge in [-0.25, -0.2) is 0 Å². The van der Waals surface area contributed by atoms with Gasteiger partial charge in [0.25, 0.3) is 5.91 Å². The molecule has 30 heavy (non-hydrogen) atoms. The molecule has 1 aliphatic rings. The van der Waals surface area contributed by atoms with E-state index < -0.39 is 0 Å². The maximum absolute atomic E-state index is 12.7. The Bertz CT molecular complexity index is 889. The summed E-state index contributed by atoms with van der Waals surface area (Å²) in [7, 11) is 0. The summed E-state index contributed by atoms with van der Waals surface area (Å²) >= 11 is 0. The Labute approximate surface area is 177 Å². The minimum atomic E-state index is -0.191. The SMILES string of the molecule is C=CCOc1cccc(NCC(=O)Nc2cccc(C(=O)N3CCC(C)CC3)c2)c1. The normalized spacial score (nSPS) is 14.1. The zero-order valence-corrected chi connectivity index (χ0v) is 17.4. The number of nitrogens with one attached hydrogen (secondary N) is 2. The predicted octanol–water partition coefficient (Wildman–Crippen LogP) is 4.17. The van der Waals surface area contributed by atoms with Crippen molar-refractivity contribution in [3.63, 3.8) is 0 Å². The summed E-state index contributed by atoms with van der Waals surface area (Å²) < 4.78 is 5.50. The van der Waals surface area contributed by atoms with E-state index in [9.17, 15) is 9.59 Å². The largest absolute Gasteiger partial charge is 0.489 e. The van der Waals surface area contributed by atoms with Gasteiger partial charge in [0.2, 0.25) is 5.91 Å². The van der Waals surface area contributed by atoms with Crippen LogP contribution in [-0.2, 0) is 4.79 Å². The van der Waals surface area contributed by atoms with Crippen molar-refractivity contribution in [2.75, 3.05) is 36.9 Å². The molecule has 1 fully saturated rings. The van der Waals surface area contributed by atoms with Crippen molar-refractivity contribution in [2.24, 2.45) is 5.92 Å². The smallest absolute Gasteiger partial charge is 0.253 e. The van der Waals surface area contributed by atoms with Crippen molar-refractivity contribution in [3.8, 4) is 5.75 Å². The number of piperidine rings is 1. The number of carbonyl (C=O) groups excluding carboxylic acids is 2. The molecule has 2 aromatic rings. The standard InChI is InChI=1S/C24H29N3O3/c1-3-14-30-22-9-5-7-20(16-22)25-17-23(28)26-21-8-4-6-19(15-21)24(29)27-12-10-18(2)11-13-27/h3-9,15-16,18,25H,1,10-14,17H2,2H3,(H,26,28). The number of likely N-dealkylation sites (tertiary alicyclic amines) is 1. The van der Waals surface area contributed by atoms with Crippen LogP contribution in [0.4, 0.5) is 11.4 Å². The van der Waals surface area contributed by atoms with E-state index in [1.54, 1.807) is 30.3 Å². The minimum absolute atomic E-state index is 0.0208. The molecule has 0 radical (unpaired) electrons. The third kappa shape index (κ3) is 6.11. The van der Waals surface area contributed by atoms with Gasteiger partial charge >= 0.3 is 0 Å². The van der Waals surface area contributed by atoms with Crippen LogP contribution in [0.15, 0.2) is 61.2 Å². The van der Waals surface area contributed by atoms with Gasteiger partial charge in [-0.05, 0) is 49.1 Å². The van der Waals surface area contributed by atoms with Crippen molar-refractivity contribution >= 4 is 23.2 Å². The van der Waals surface area contributed by atoms with Gasteiger partial charge in [0.15, 0.2) is 0 Å². The van der Waals surface area contributed by atoms with Crippen molar-refractivity contribution in [3.05, 3.63) is 66.7 Å². The molecule has 2 amide bonds. The molecule has 1 aliphatic heterocycles. The van der Waals surface area contributed by atoms with Crippen LogP contribution in [0.1, 0.15) is 30.1 Å². The molecule has 158 valence electrons. The molecule has 2 aromatic carbocycles. The molecule has 1 heterocycles. The van der Waals surface area contributed by atoms with Crippen LogP contribution in [0.25, 0.3) is 0 Å². The van der Waals surface area contributed by atoms with E-state index in [0.29, 0.717) is 29.5 Å². The van der Waals surface area contributed by atoms with E-state index in [2.05, 4.69) is 24.1 Å². The number of hydrogen-bond acceptors (Lipinski definition) is 4. The second-order valence-electron chi connectivity index (χ2n) is 7.58. The Balaban J connectivity index is 1.53. The molecule has 0 atom stereocenters. The van der Waals surface area contributed by atoms with Crippen LogP contribution in [0.5, 0.6) is 5.75 Å². The molecule has 0 bridgehead atoms. The summed E-state index contributed by atoms with van der Waals surface area (Å²) in [5, 5.41) is 5.93. The van der Waals surface area contributed by atoms with Gasteiger partial charge in [0.05, 0.1) is 6.54 Å². The van der Waals surface area contributed by atoms with Gasteiger partial charge in [0, 0.05) is 36.1 Å². The Hall–Kier alpha value is -3.28. The molecule has 6 heteroatoms. The number of anilines is 2. The van der Waals surface area contributed by atoms with Crippen LogP contribution in [0.2, 0.25) is 0 Å². The highest BCUT2D eigenvalue weighted by Crippen LogP contribution is 2.20. The molecular formula is C24H29N3O3. The number of rotatable bonds is 8. The van der Waals surface area contributed by atoms with Crippen molar-refractivity contribution in [2.45, 2.75) is 19.8 Å². The van der Waals surface area contributed by atoms with Crippen molar-refractivity contribution < 1.29 is 14.3 Å². The Kier molecular flexibility index (Phi) is 7.49. The van der Waals surface area contributed by atoms with Gasteiger partial charge in [-0.2, -0.15) is 0 Å². The van der Waals surface area contributed by atoms with Gasteiger partial charge in [-0.3, -0.25) is 9.59 Å². The van der Waals surface area contributed by atoms with E-state index in [0.717, 1.165) is 31.6 Å². The average molecular weight is 408 g/mol. The van der Waals surface area contributed by atoms with E-state index in [-0.39, 0.29) is 18.4 Å². The quantitative estimate of drug-likeness (QED) is 0.644. The molecule has 6 nitrogen and oxygen atoms in total. The molecule has 0 aromatic heterocycles. The predicted molar refractivity (Wildman–Crippen MR) is 120 cm³/mol. The van der Waals surface area contributed by atoms with E-state index in [4.69, 9.17) is 4.74 Å². The van der Waals surface area contributed by atoms with Crippen LogP contribution in [0.3, 0.4) is 0 Å². The molecule has 1 saturated heterocycles. The fourth-order valence-electron chi connectivity index (χ4n) is 3.36. The number of benzene rings is 2. The van der Waals surface area contributed by atoms with Crippen molar-refractivity contribution in [1.82, 2.24) is 4.90 Å². The first kappa shape index (κ1) is 21.4. The number of ether oxygens (including phenoxy) is 1. The van der Waals surface area contributed by atoms with Crippen LogP contribution in [0, 0.1) is 5.92 Å². The third-order valence-electron chi connectivity index (χ3n) is 5.12. The van der Waals surface area contributed by atoms with Crippen molar-refractivity contribution in [1.29, 1.82) is 0 Å². The van der Waals surface area contributed by atoms with Gasteiger partial charge in [-0.1, -0.05) is 31.7 Å². The average Bonchev–Trinajstić information content (AvgIpc) is 2.77. The first-order valence-electron chi connectivity index (χ1n) is 10.3. The van der Waals surface area contributed by atoms with Crippen LogP contribution >= 0.6 is 0 Å². The van der Waals surface area contributed by atoms with E-state index in [1.165, 1.54) is 0 Å². The first-order chi connectivity index (χ1) is 14.5. The molecule has 0 unspecified atom stereocenters. The molecular weight excluding hydrogens is 378 g/mol. The molecule has 3 rings (SSSR count). The Morgan fingerprint density at radius 2 is 1.87 bits per heavy atom. The monoisotopic (exact) mass is 407 g/mol. The second-order valence-corrected chi connectivity index (χ2v) is 7.58. The second kappa shape index (κ2) is 10.5. The summed E-state index contributed by atoms with van der Waals surface area (Å²) in [5.74, 6) is 1.20. The number of nitrogens with zero attached hydrogens (tertiary/aromatic N) is 1. The lowest BCUT2D eigenvalue weighted by atomic mass is 9.98. The lowest BCUT2D eigenvalue weighted by molar-refractivity contribution is -0.114. The van der Waals surface area contributed by atoms with Crippen LogP contribution < -0.4 is 15.4 Å². The number of amides is 2. The molecule has 0 spiro atoms. The summed E-state index contributed by atoms with van der Waals surface area (Å²) in [6.45, 7) is 7.95. The van der Waals surface area contributed by atoms with Gasteiger partial charge < -0.3 is 20.3 Å². The van der Waals surface area contributed by atoms with Gasteiger partial charge in [-0.15, -0.1) is 0 Å². The summed E-state index contributed by atoms with van der Waals surface area (Å²) in [6.07, 6.45) is 3.75. The number of carbonyl (C=O) groups is 2. The topological polar surface area (TPSA) is 70.7 Å². The summed E-state index contributed by atoms with van der Waals surface area (Å²) in [5.41, 5.74) is 2.00. The molecule has 0 aliphatic carbocycles. The maximum Gasteiger partial charge on any atom is 0.253 e. The first-order valence-corrected chi connectivity index (χ1v) is 10.3. The Morgan fingerprint density at radius 1 is 1.13 bits per heavy atom. The lowest BCUT2D eigenvalue weighted by Gasteiger charge is -2.30. The van der Waals surface area contributed by atoms with E-state index in [1.807, 2.05) is 29.2 Å². The summed E-state index contributed by atoms with van der Waals surface area (Å²) in [4.78, 5) is 27.0. The lowest BCUT2D eigenvalue weighted by Crippen LogP contribution is -2.37. The zero-order valence-electron chi connectivity index (χ0n) is 17.4. The fraction of sp³-hybridized carbons (Fsp3) is 0.333. The maximum atomic E-state index is 12.7. The Morgan fingerprint density at radius 3 is 2.63 bits per heavy atom.